The molecule has 2 rings (SSSR count). The van der Waals surface area contributed by atoms with Gasteiger partial charge in [-0.2, -0.15) is 0 Å². The molecule has 0 amide bonds. The summed E-state index contributed by atoms with van der Waals surface area (Å²) in [6.07, 6.45) is 8.22. The van der Waals surface area contributed by atoms with Crippen molar-refractivity contribution in [3.63, 3.8) is 0 Å². The van der Waals surface area contributed by atoms with Crippen molar-refractivity contribution in [2.24, 2.45) is 11.7 Å². The van der Waals surface area contributed by atoms with Gasteiger partial charge in [-0.25, -0.2) is 0 Å². The van der Waals surface area contributed by atoms with Crippen LogP contribution >= 0.6 is 0 Å². The van der Waals surface area contributed by atoms with Crippen molar-refractivity contribution in [2.45, 2.75) is 44.1 Å². The smallest absolute Gasteiger partial charge is 0.0304 e. The van der Waals surface area contributed by atoms with Gasteiger partial charge in [-0.1, -0.05) is 12.8 Å². The van der Waals surface area contributed by atoms with Crippen LogP contribution in [-0.4, -0.2) is 18.6 Å². The molecule has 0 bridgehead atoms. The molecule has 2 saturated carbocycles. The maximum absolute atomic E-state index is 5.81. The van der Waals surface area contributed by atoms with Crippen LogP contribution in [0.3, 0.4) is 0 Å². The van der Waals surface area contributed by atoms with Crippen LogP contribution in [0.15, 0.2) is 0 Å². The fourth-order valence-electron chi connectivity index (χ4n) is 2.19. The molecule has 0 unspecified atom stereocenters. The standard InChI is InChI=1S/C10H20N2/c11-8-10(5-1-2-6-10)12-7-9-3-4-9/h9,12H,1-8,11H2. The van der Waals surface area contributed by atoms with Gasteiger partial charge in [0.1, 0.15) is 0 Å². The van der Waals surface area contributed by atoms with Gasteiger partial charge in [-0.15, -0.1) is 0 Å². The SMILES string of the molecule is NCC1(NCC2CC2)CCCC1. The lowest BCUT2D eigenvalue weighted by Gasteiger charge is -2.28. The van der Waals surface area contributed by atoms with Crippen LogP contribution < -0.4 is 11.1 Å². The summed E-state index contributed by atoms with van der Waals surface area (Å²) in [5.74, 6) is 0.981. The summed E-state index contributed by atoms with van der Waals surface area (Å²) in [5, 5.41) is 3.68. The van der Waals surface area contributed by atoms with Crippen LogP contribution in [0.5, 0.6) is 0 Å². The Bertz CT molecular complexity index is 146. The fraction of sp³-hybridized carbons (Fsp3) is 1.00. The van der Waals surface area contributed by atoms with Crippen molar-refractivity contribution in [2.75, 3.05) is 13.1 Å². The Hall–Kier alpha value is -0.0800. The molecular formula is C10H20N2. The second-order valence-corrected chi connectivity index (χ2v) is 4.52. The highest BCUT2D eigenvalue weighted by atomic mass is 15.0. The van der Waals surface area contributed by atoms with E-state index < -0.39 is 0 Å². The molecule has 0 aliphatic heterocycles. The Labute approximate surface area is 74.9 Å². The average Bonchev–Trinajstić information content (AvgIpc) is 2.82. The monoisotopic (exact) mass is 168 g/mol. The van der Waals surface area contributed by atoms with Crippen LogP contribution in [-0.2, 0) is 0 Å². The molecule has 0 saturated heterocycles. The lowest BCUT2D eigenvalue weighted by atomic mass is 9.98. The quantitative estimate of drug-likeness (QED) is 0.663. The van der Waals surface area contributed by atoms with Crippen molar-refractivity contribution in [3.05, 3.63) is 0 Å². The first-order valence-corrected chi connectivity index (χ1v) is 5.30. The Kier molecular flexibility index (Phi) is 2.37. The molecule has 12 heavy (non-hydrogen) atoms. The molecule has 2 heteroatoms. The van der Waals surface area contributed by atoms with Gasteiger partial charge >= 0.3 is 0 Å². The summed E-state index contributed by atoms with van der Waals surface area (Å²) in [4.78, 5) is 0. The minimum atomic E-state index is 0.336. The van der Waals surface area contributed by atoms with Crippen LogP contribution in [0, 0.1) is 5.92 Å². The average molecular weight is 168 g/mol. The van der Waals surface area contributed by atoms with Crippen LogP contribution in [0.1, 0.15) is 38.5 Å². The summed E-state index contributed by atoms with van der Waals surface area (Å²) in [6, 6.07) is 0. The maximum Gasteiger partial charge on any atom is 0.0304 e. The summed E-state index contributed by atoms with van der Waals surface area (Å²) in [7, 11) is 0. The fourth-order valence-corrected chi connectivity index (χ4v) is 2.19. The van der Waals surface area contributed by atoms with Crippen LogP contribution in [0.4, 0.5) is 0 Å². The molecule has 0 heterocycles. The molecule has 0 aromatic heterocycles. The lowest BCUT2D eigenvalue weighted by Crippen LogP contribution is -2.49. The Balaban J connectivity index is 1.79. The van der Waals surface area contributed by atoms with E-state index in [1.807, 2.05) is 0 Å². The van der Waals surface area contributed by atoms with Gasteiger partial charge in [0.25, 0.3) is 0 Å². The van der Waals surface area contributed by atoms with Gasteiger partial charge in [0.15, 0.2) is 0 Å². The van der Waals surface area contributed by atoms with E-state index in [-0.39, 0.29) is 0 Å². The molecular weight excluding hydrogens is 148 g/mol. The molecule has 0 atom stereocenters. The first-order valence-electron chi connectivity index (χ1n) is 5.30. The first-order chi connectivity index (χ1) is 5.85. The Morgan fingerprint density at radius 2 is 1.92 bits per heavy atom. The number of hydrogen-bond acceptors (Lipinski definition) is 2. The molecule has 0 spiro atoms. The molecule has 3 N–H and O–H groups in total. The molecule has 2 aliphatic rings. The third-order valence-corrected chi connectivity index (χ3v) is 3.41. The van der Waals surface area contributed by atoms with Gasteiger partial charge in [0, 0.05) is 12.1 Å². The van der Waals surface area contributed by atoms with E-state index in [0.717, 1.165) is 12.5 Å². The number of hydrogen-bond donors (Lipinski definition) is 2. The van der Waals surface area contributed by atoms with E-state index in [4.69, 9.17) is 5.73 Å². The molecule has 0 aromatic rings. The molecule has 2 nitrogen and oxygen atoms in total. The van der Waals surface area contributed by atoms with E-state index in [0.29, 0.717) is 5.54 Å². The normalized spacial score (nSPS) is 27.8. The highest BCUT2D eigenvalue weighted by Gasteiger charge is 2.33. The van der Waals surface area contributed by atoms with Crippen molar-refractivity contribution in [1.82, 2.24) is 5.32 Å². The van der Waals surface area contributed by atoms with Crippen molar-refractivity contribution < 1.29 is 0 Å². The molecule has 2 aliphatic carbocycles. The highest BCUT2D eigenvalue weighted by molar-refractivity contribution is 4.94. The molecule has 0 aromatic carbocycles. The number of nitrogens with one attached hydrogen (secondary N) is 1. The van der Waals surface area contributed by atoms with Gasteiger partial charge < -0.3 is 11.1 Å². The van der Waals surface area contributed by atoms with E-state index >= 15 is 0 Å². The summed E-state index contributed by atoms with van der Waals surface area (Å²) in [5.41, 5.74) is 6.15. The molecule has 0 radical (unpaired) electrons. The number of rotatable bonds is 4. The van der Waals surface area contributed by atoms with E-state index in [1.165, 1.54) is 45.1 Å². The van der Waals surface area contributed by atoms with Gasteiger partial charge in [0.2, 0.25) is 0 Å². The summed E-state index contributed by atoms with van der Waals surface area (Å²) in [6.45, 7) is 2.05. The van der Waals surface area contributed by atoms with Crippen molar-refractivity contribution >= 4 is 0 Å². The molecule has 70 valence electrons. The highest BCUT2D eigenvalue weighted by Crippen LogP contribution is 2.32. The van der Waals surface area contributed by atoms with E-state index in [1.54, 1.807) is 0 Å². The zero-order valence-corrected chi connectivity index (χ0v) is 7.81. The zero-order chi connectivity index (χ0) is 8.44. The summed E-state index contributed by atoms with van der Waals surface area (Å²) >= 11 is 0. The van der Waals surface area contributed by atoms with Crippen LogP contribution in [0.2, 0.25) is 0 Å². The lowest BCUT2D eigenvalue weighted by molar-refractivity contribution is 0.335. The minimum Gasteiger partial charge on any atom is -0.329 e. The predicted octanol–water partition coefficient (Wildman–Crippen LogP) is 1.26. The van der Waals surface area contributed by atoms with Gasteiger partial charge in [-0.05, 0) is 38.1 Å². The minimum absolute atomic E-state index is 0.336. The van der Waals surface area contributed by atoms with Crippen molar-refractivity contribution in [1.29, 1.82) is 0 Å². The largest absolute Gasteiger partial charge is 0.329 e. The maximum atomic E-state index is 5.81. The Morgan fingerprint density at radius 1 is 1.25 bits per heavy atom. The predicted molar refractivity (Wildman–Crippen MR) is 51.0 cm³/mol. The topological polar surface area (TPSA) is 38.0 Å². The Morgan fingerprint density at radius 3 is 2.42 bits per heavy atom. The third kappa shape index (κ3) is 1.80. The van der Waals surface area contributed by atoms with Crippen molar-refractivity contribution in [3.8, 4) is 0 Å². The second-order valence-electron chi connectivity index (χ2n) is 4.52. The zero-order valence-electron chi connectivity index (χ0n) is 7.81. The third-order valence-electron chi connectivity index (χ3n) is 3.41. The van der Waals surface area contributed by atoms with Gasteiger partial charge in [-0.3, -0.25) is 0 Å². The van der Waals surface area contributed by atoms with Gasteiger partial charge in [0.05, 0.1) is 0 Å². The van der Waals surface area contributed by atoms with Crippen LogP contribution in [0.25, 0.3) is 0 Å². The molecule has 2 fully saturated rings. The second kappa shape index (κ2) is 3.35. The van der Waals surface area contributed by atoms with E-state index in [2.05, 4.69) is 5.32 Å². The summed E-state index contributed by atoms with van der Waals surface area (Å²) < 4.78 is 0. The van der Waals surface area contributed by atoms with E-state index in [9.17, 15) is 0 Å². The number of nitrogens with two attached hydrogens (primary N) is 1. The first kappa shape index (κ1) is 8.52.